The Bertz CT molecular complexity index is 312. The number of amides is 1. The summed E-state index contributed by atoms with van der Waals surface area (Å²) in [4.78, 5) is 11.1. The quantitative estimate of drug-likeness (QED) is 0.852. The second-order valence-electron chi connectivity index (χ2n) is 2.92. The predicted molar refractivity (Wildman–Crippen MR) is 61.4 cm³/mol. The Balaban J connectivity index is 2.98. The van der Waals surface area contributed by atoms with Crippen molar-refractivity contribution >= 4 is 28.5 Å². The SMILES string of the molecule is CCC(C(N)=O)c1cccc(I)c1. The Morgan fingerprint density at radius 1 is 1.62 bits per heavy atom. The number of carbonyl (C=O) groups excluding carboxylic acids is 1. The molecule has 0 saturated heterocycles. The van der Waals surface area contributed by atoms with Gasteiger partial charge in [0, 0.05) is 3.57 Å². The van der Waals surface area contributed by atoms with E-state index in [1.54, 1.807) is 0 Å². The largest absolute Gasteiger partial charge is 0.369 e. The average Bonchev–Trinajstić information content (AvgIpc) is 2.04. The molecule has 0 heterocycles. The lowest BCUT2D eigenvalue weighted by Crippen LogP contribution is -2.20. The van der Waals surface area contributed by atoms with E-state index in [9.17, 15) is 4.79 Å². The molecule has 13 heavy (non-hydrogen) atoms. The second kappa shape index (κ2) is 4.60. The average molecular weight is 289 g/mol. The molecule has 1 aromatic rings. The van der Waals surface area contributed by atoms with E-state index in [0.717, 1.165) is 15.6 Å². The zero-order chi connectivity index (χ0) is 9.84. The monoisotopic (exact) mass is 289 g/mol. The molecular formula is C10H12INO. The number of rotatable bonds is 3. The van der Waals surface area contributed by atoms with Gasteiger partial charge in [0.1, 0.15) is 0 Å². The van der Waals surface area contributed by atoms with Gasteiger partial charge < -0.3 is 5.73 Å². The van der Waals surface area contributed by atoms with Crippen LogP contribution in [0, 0.1) is 3.57 Å². The van der Waals surface area contributed by atoms with Gasteiger partial charge in [0.15, 0.2) is 0 Å². The third-order valence-electron chi connectivity index (χ3n) is 2.00. The van der Waals surface area contributed by atoms with Crippen LogP contribution >= 0.6 is 22.6 Å². The summed E-state index contributed by atoms with van der Waals surface area (Å²) in [5, 5.41) is 0. The molecule has 0 bridgehead atoms. The van der Waals surface area contributed by atoms with E-state index in [4.69, 9.17) is 5.73 Å². The van der Waals surface area contributed by atoms with Gasteiger partial charge in [-0.2, -0.15) is 0 Å². The number of halogens is 1. The number of hydrogen-bond donors (Lipinski definition) is 1. The number of primary amides is 1. The van der Waals surface area contributed by atoms with Crippen LogP contribution in [0.1, 0.15) is 24.8 Å². The first kappa shape index (κ1) is 10.5. The fraction of sp³-hybridized carbons (Fsp3) is 0.300. The van der Waals surface area contributed by atoms with Crippen LogP contribution in [0.15, 0.2) is 24.3 Å². The summed E-state index contributed by atoms with van der Waals surface area (Å²) < 4.78 is 1.13. The minimum Gasteiger partial charge on any atom is -0.369 e. The van der Waals surface area contributed by atoms with Crippen LogP contribution < -0.4 is 5.73 Å². The van der Waals surface area contributed by atoms with Gasteiger partial charge in [0.05, 0.1) is 5.92 Å². The summed E-state index contributed by atoms with van der Waals surface area (Å²) in [5.41, 5.74) is 6.30. The predicted octanol–water partition coefficient (Wildman–Crippen LogP) is 2.27. The van der Waals surface area contributed by atoms with E-state index in [0.29, 0.717) is 0 Å². The Kier molecular flexibility index (Phi) is 3.71. The van der Waals surface area contributed by atoms with E-state index in [1.807, 2.05) is 31.2 Å². The first-order chi connectivity index (χ1) is 6.15. The van der Waals surface area contributed by atoms with Crippen molar-refractivity contribution in [1.82, 2.24) is 0 Å². The van der Waals surface area contributed by atoms with Crippen molar-refractivity contribution in [1.29, 1.82) is 0 Å². The molecule has 2 nitrogen and oxygen atoms in total. The molecule has 0 fully saturated rings. The highest BCUT2D eigenvalue weighted by Crippen LogP contribution is 2.20. The minimum absolute atomic E-state index is 0.144. The van der Waals surface area contributed by atoms with Crippen LogP contribution in [0.4, 0.5) is 0 Å². The molecule has 0 aliphatic rings. The highest BCUT2D eigenvalue weighted by molar-refractivity contribution is 14.1. The second-order valence-corrected chi connectivity index (χ2v) is 4.16. The maximum Gasteiger partial charge on any atom is 0.224 e. The molecule has 1 amide bonds. The molecule has 1 atom stereocenters. The molecular weight excluding hydrogens is 277 g/mol. The van der Waals surface area contributed by atoms with Crippen LogP contribution in [0.25, 0.3) is 0 Å². The molecule has 1 rings (SSSR count). The molecule has 0 spiro atoms. The van der Waals surface area contributed by atoms with Crippen molar-refractivity contribution in [3.8, 4) is 0 Å². The van der Waals surface area contributed by atoms with Gasteiger partial charge in [-0.25, -0.2) is 0 Å². The molecule has 0 aromatic heterocycles. The first-order valence-corrected chi connectivity index (χ1v) is 5.27. The van der Waals surface area contributed by atoms with Crippen molar-refractivity contribution < 1.29 is 4.79 Å². The lowest BCUT2D eigenvalue weighted by Gasteiger charge is -2.10. The van der Waals surface area contributed by atoms with E-state index < -0.39 is 0 Å². The lowest BCUT2D eigenvalue weighted by molar-refractivity contribution is -0.119. The van der Waals surface area contributed by atoms with Gasteiger partial charge in [0.2, 0.25) is 5.91 Å². The highest BCUT2D eigenvalue weighted by Gasteiger charge is 2.14. The Hall–Kier alpha value is -0.580. The fourth-order valence-electron chi connectivity index (χ4n) is 1.32. The normalized spacial score (nSPS) is 12.5. The first-order valence-electron chi connectivity index (χ1n) is 4.20. The summed E-state index contributed by atoms with van der Waals surface area (Å²) in [7, 11) is 0. The van der Waals surface area contributed by atoms with Gasteiger partial charge >= 0.3 is 0 Å². The summed E-state index contributed by atoms with van der Waals surface area (Å²) in [5.74, 6) is -0.390. The van der Waals surface area contributed by atoms with Crippen molar-refractivity contribution in [3.63, 3.8) is 0 Å². The zero-order valence-corrected chi connectivity index (χ0v) is 9.61. The maximum atomic E-state index is 11.1. The van der Waals surface area contributed by atoms with E-state index >= 15 is 0 Å². The lowest BCUT2D eigenvalue weighted by atomic mass is 9.96. The van der Waals surface area contributed by atoms with E-state index in [2.05, 4.69) is 22.6 Å². The molecule has 0 aliphatic heterocycles. The summed E-state index contributed by atoms with van der Waals surface area (Å²) >= 11 is 2.23. The molecule has 70 valence electrons. The highest BCUT2D eigenvalue weighted by atomic mass is 127. The molecule has 0 saturated carbocycles. The Labute approximate surface area is 91.7 Å². The number of nitrogens with two attached hydrogens (primary N) is 1. The molecule has 1 aromatic carbocycles. The number of carbonyl (C=O) groups is 1. The van der Waals surface area contributed by atoms with Gasteiger partial charge in [-0.3, -0.25) is 4.79 Å². The summed E-state index contributed by atoms with van der Waals surface area (Å²) in [6.45, 7) is 1.97. The van der Waals surface area contributed by atoms with E-state index in [1.165, 1.54) is 0 Å². The Morgan fingerprint density at radius 2 is 2.31 bits per heavy atom. The van der Waals surface area contributed by atoms with Crippen molar-refractivity contribution in [2.75, 3.05) is 0 Å². The standard InChI is InChI=1S/C10H12INO/c1-2-9(10(12)13)7-4-3-5-8(11)6-7/h3-6,9H,2H2,1H3,(H2,12,13). The zero-order valence-electron chi connectivity index (χ0n) is 7.46. The van der Waals surface area contributed by atoms with Crippen LogP contribution in [-0.4, -0.2) is 5.91 Å². The van der Waals surface area contributed by atoms with Crippen LogP contribution in [0.2, 0.25) is 0 Å². The van der Waals surface area contributed by atoms with Gasteiger partial charge in [0.25, 0.3) is 0 Å². The minimum atomic E-state index is -0.246. The summed E-state index contributed by atoms with van der Waals surface area (Å²) in [6.07, 6.45) is 0.759. The maximum absolute atomic E-state index is 11.1. The number of benzene rings is 1. The molecule has 2 N–H and O–H groups in total. The topological polar surface area (TPSA) is 43.1 Å². The van der Waals surface area contributed by atoms with Crippen molar-refractivity contribution in [3.05, 3.63) is 33.4 Å². The molecule has 0 aliphatic carbocycles. The molecule has 1 unspecified atom stereocenters. The fourth-order valence-corrected chi connectivity index (χ4v) is 1.89. The van der Waals surface area contributed by atoms with Gasteiger partial charge in [-0.15, -0.1) is 0 Å². The van der Waals surface area contributed by atoms with Crippen LogP contribution in [-0.2, 0) is 4.79 Å². The Morgan fingerprint density at radius 3 is 2.77 bits per heavy atom. The smallest absolute Gasteiger partial charge is 0.224 e. The number of hydrogen-bond acceptors (Lipinski definition) is 1. The van der Waals surface area contributed by atoms with Crippen molar-refractivity contribution in [2.45, 2.75) is 19.3 Å². The molecule has 3 heteroatoms. The summed E-state index contributed by atoms with van der Waals surface area (Å²) in [6, 6.07) is 7.89. The van der Waals surface area contributed by atoms with Gasteiger partial charge in [-0.1, -0.05) is 19.1 Å². The van der Waals surface area contributed by atoms with Crippen molar-refractivity contribution in [2.24, 2.45) is 5.73 Å². The third kappa shape index (κ3) is 2.69. The molecule has 0 radical (unpaired) electrons. The van der Waals surface area contributed by atoms with Gasteiger partial charge in [-0.05, 0) is 46.7 Å². The van der Waals surface area contributed by atoms with E-state index in [-0.39, 0.29) is 11.8 Å². The van der Waals surface area contributed by atoms with Crippen LogP contribution in [0.5, 0.6) is 0 Å². The van der Waals surface area contributed by atoms with Crippen LogP contribution in [0.3, 0.4) is 0 Å². The third-order valence-corrected chi connectivity index (χ3v) is 2.67.